The molecule has 0 spiro atoms. The van der Waals surface area contributed by atoms with Crippen molar-refractivity contribution in [1.29, 1.82) is 0 Å². The molecule has 1 aliphatic heterocycles. The van der Waals surface area contributed by atoms with Gasteiger partial charge in [-0.15, -0.1) is 11.8 Å². The van der Waals surface area contributed by atoms with Crippen molar-refractivity contribution in [2.45, 2.75) is 23.7 Å². The third kappa shape index (κ3) is 2.26. The van der Waals surface area contributed by atoms with Crippen molar-refractivity contribution < 1.29 is 4.74 Å². The highest BCUT2D eigenvalue weighted by molar-refractivity contribution is 7.99. The summed E-state index contributed by atoms with van der Waals surface area (Å²) in [6, 6.07) is 8.88. The predicted octanol–water partition coefficient (Wildman–Crippen LogP) is 2.42. The average molecular weight is 237 g/mol. The molecule has 0 unspecified atom stereocenters. The summed E-state index contributed by atoms with van der Waals surface area (Å²) in [5, 5.41) is 0. The van der Waals surface area contributed by atoms with E-state index in [1.807, 2.05) is 11.8 Å². The van der Waals surface area contributed by atoms with Crippen LogP contribution >= 0.6 is 11.8 Å². The maximum atomic E-state index is 5.68. The van der Waals surface area contributed by atoms with Crippen molar-refractivity contribution in [3.63, 3.8) is 0 Å². The number of nitrogens with two attached hydrogens (primary N) is 1. The molecule has 16 heavy (non-hydrogen) atoms. The van der Waals surface area contributed by atoms with Gasteiger partial charge in [-0.3, -0.25) is 0 Å². The van der Waals surface area contributed by atoms with E-state index in [0.717, 1.165) is 31.9 Å². The Morgan fingerprint density at radius 2 is 2.00 bits per heavy atom. The maximum absolute atomic E-state index is 5.68. The lowest BCUT2D eigenvalue weighted by Crippen LogP contribution is -2.48. The maximum Gasteiger partial charge on any atom is 0.0586 e. The van der Waals surface area contributed by atoms with Crippen molar-refractivity contribution in [3.8, 4) is 0 Å². The van der Waals surface area contributed by atoms with Crippen LogP contribution in [0.4, 0.5) is 0 Å². The van der Waals surface area contributed by atoms with Gasteiger partial charge in [0.25, 0.3) is 0 Å². The fraction of sp³-hybridized carbons (Fsp3) is 0.538. The normalized spacial score (nSPS) is 18.1. The number of benzene rings is 1. The Morgan fingerprint density at radius 1 is 1.31 bits per heavy atom. The van der Waals surface area contributed by atoms with Crippen LogP contribution in [0.1, 0.15) is 18.9 Å². The molecule has 0 aromatic heterocycles. The molecular weight excluding hydrogens is 218 g/mol. The Bertz CT molecular complexity index is 332. The van der Waals surface area contributed by atoms with Gasteiger partial charge >= 0.3 is 0 Å². The predicted molar refractivity (Wildman–Crippen MR) is 69.0 cm³/mol. The second-order valence-electron chi connectivity index (χ2n) is 4.27. The van der Waals surface area contributed by atoms with Gasteiger partial charge in [0.1, 0.15) is 0 Å². The van der Waals surface area contributed by atoms with Gasteiger partial charge in [0.05, 0.1) is 13.2 Å². The number of rotatable bonds is 5. The van der Waals surface area contributed by atoms with E-state index in [1.54, 1.807) is 0 Å². The van der Waals surface area contributed by atoms with E-state index in [-0.39, 0.29) is 5.41 Å². The second kappa shape index (κ2) is 5.21. The van der Waals surface area contributed by atoms with E-state index in [9.17, 15) is 0 Å². The van der Waals surface area contributed by atoms with Crippen molar-refractivity contribution in [3.05, 3.63) is 29.8 Å². The highest BCUT2D eigenvalue weighted by Gasteiger charge is 2.39. The van der Waals surface area contributed by atoms with Gasteiger partial charge < -0.3 is 10.5 Å². The molecule has 2 nitrogen and oxygen atoms in total. The van der Waals surface area contributed by atoms with Crippen LogP contribution in [0.3, 0.4) is 0 Å². The molecule has 0 amide bonds. The summed E-state index contributed by atoms with van der Waals surface area (Å²) < 4.78 is 5.36. The molecule has 1 heterocycles. The number of hydrogen-bond acceptors (Lipinski definition) is 3. The molecule has 0 saturated carbocycles. The van der Waals surface area contributed by atoms with Crippen LogP contribution in [-0.4, -0.2) is 25.5 Å². The van der Waals surface area contributed by atoms with E-state index in [2.05, 4.69) is 31.2 Å². The fourth-order valence-electron chi connectivity index (χ4n) is 2.15. The largest absolute Gasteiger partial charge is 0.379 e. The minimum absolute atomic E-state index is 0.199. The van der Waals surface area contributed by atoms with E-state index in [0.29, 0.717) is 0 Å². The van der Waals surface area contributed by atoms with Gasteiger partial charge in [0.2, 0.25) is 0 Å². The molecule has 0 atom stereocenters. The standard InChI is InChI=1S/C13H19NOS/c1-2-16-12-5-3-11(4-6-12)13(7-8-14)9-15-10-13/h3-6H,2,7-10,14H2,1H3. The van der Waals surface area contributed by atoms with Gasteiger partial charge in [-0.25, -0.2) is 0 Å². The zero-order chi connectivity index (χ0) is 11.4. The number of hydrogen-bond donors (Lipinski definition) is 1. The van der Waals surface area contributed by atoms with Crippen molar-refractivity contribution in [2.24, 2.45) is 5.73 Å². The molecule has 1 saturated heterocycles. The topological polar surface area (TPSA) is 35.2 Å². The third-order valence-electron chi connectivity index (χ3n) is 3.16. The molecule has 0 aliphatic carbocycles. The Morgan fingerprint density at radius 3 is 2.44 bits per heavy atom. The van der Waals surface area contributed by atoms with Gasteiger partial charge in [0.15, 0.2) is 0 Å². The zero-order valence-electron chi connectivity index (χ0n) is 9.74. The molecule has 1 fully saturated rings. The molecule has 2 N–H and O–H groups in total. The summed E-state index contributed by atoms with van der Waals surface area (Å²) in [6.07, 6.45) is 1.02. The minimum Gasteiger partial charge on any atom is -0.379 e. The first-order valence-corrected chi connectivity index (χ1v) is 6.80. The third-order valence-corrected chi connectivity index (χ3v) is 4.05. The van der Waals surface area contributed by atoms with Gasteiger partial charge in [-0.05, 0) is 36.4 Å². The first kappa shape index (κ1) is 12.0. The first-order chi connectivity index (χ1) is 7.80. The van der Waals surface area contributed by atoms with Crippen molar-refractivity contribution in [1.82, 2.24) is 0 Å². The smallest absolute Gasteiger partial charge is 0.0586 e. The van der Waals surface area contributed by atoms with Gasteiger partial charge in [-0.1, -0.05) is 19.1 Å². The van der Waals surface area contributed by atoms with Gasteiger partial charge in [-0.2, -0.15) is 0 Å². The molecule has 2 rings (SSSR count). The van der Waals surface area contributed by atoms with Crippen LogP contribution in [0.5, 0.6) is 0 Å². The summed E-state index contributed by atoms with van der Waals surface area (Å²) in [7, 11) is 0. The van der Waals surface area contributed by atoms with E-state index < -0.39 is 0 Å². The lowest BCUT2D eigenvalue weighted by molar-refractivity contribution is -0.0631. The minimum atomic E-state index is 0.199. The Balaban J connectivity index is 2.13. The first-order valence-electron chi connectivity index (χ1n) is 5.82. The highest BCUT2D eigenvalue weighted by atomic mass is 32.2. The van der Waals surface area contributed by atoms with Crippen LogP contribution in [0.2, 0.25) is 0 Å². The Labute approximate surface area is 102 Å². The van der Waals surface area contributed by atoms with Gasteiger partial charge in [0, 0.05) is 10.3 Å². The quantitative estimate of drug-likeness (QED) is 0.799. The lowest BCUT2D eigenvalue weighted by atomic mass is 9.76. The Hall–Kier alpha value is -0.510. The van der Waals surface area contributed by atoms with E-state index in [4.69, 9.17) is 10.5 Å². The summed E-state index contributed by atoms with van der Waals surface area (Å²) in [5.74, 6) is 1.12. The van der Waals surface area contributed by atoms with Crippen molar-refractivity contribution >= 4 is 11.8 Å². The summed E-state index contributed by atoms with van der Waals surface area (Å²) in [6.45, 7) is 4.55. The monoisotopic (exact) mass is 237 g/mol. The van der Waals surface area contributed by atoms with Crippen molar-refractivity contribution in [2.75, 3.05) is 25.5 Å². The molecule has 1 aliphatic rings. The second-order valence-corrected chi connectivity index (χ2v) is 5.61. The summed E-state index contributed by atoms with van der Waals surface area (Å²) in [4.78, 5) is 1.34. The van der Waals surface area contributed by atoms with Crippen LogP contribution in [0.15, 0.2) is 29.2 Å². The molecule has 3 heteroatoms. The zero-order valence-corrected chi connectivity index (χ0v) is 10.6. The summed E-state index contributed by atoms with van der Waals surface area (Å²) >= 11 is 1.88. The molecule has 88 valence electrons. The molecular formula is C13H19NOS. The molecule has 1 aromatic rings. The molecule has 0 bridgehead atoms. The SMILES string of the molecule is CCSc1ccc(C2(CCN)COC2)cc1. The molecule has 0 radical (unpaired) electrons. The fourth-order valence-corrected chi connectivity index (χ4v) is 2.81. The van der Waals surface area contributed by atoms with Crippen LogP contribution in [0, 0.1) is 0 Å². The summed E-state index contributed by atoms with van der Waals surface area (Å²) in [5.41, 5.74) is 7.26. The van der Waals surface area contributed by atoms with Crippen LogP contribution < -0.4 is 5.73 Å². The lowest BCUT2D eigenvalue weighted by Gasteiger charge is -2.42. The van der Waals surface area contributed by atoms with E-state index >= 15 is 0 Å². The van der Waals surface area contributed by atoms with E-state index in [1.165, 1.54) is 10.5 Å². The molecule has 1 aromatic carbocycles. The van der Waals surface area contributed by atoms with Crippen LogP contribution in [-0.2, 0) is 10.2 Å². The number of thioether (sulfide) groups is 1. The van der Waals surface area contributed by atoms with Crippen LogP contribution in [0.25, 0.3) is 0 Å². The highest BCUT2D eigenvalue weighted by Crippen LogP contribution is 2.36. The average Bonchev–Trinajstić information content (AvgIpc) is 2.25. The number of ether oxygens (including phenoxy) is 1. The Kier molecular flexibility index (Phi) is 3.90.